The number of hydrogen-bond donors (Lipinski definition) is 1. The standard InChI is InChI=1S/C25H24Cl2N2O5S2/c1-34-25(31)21-17-6-3-4-9-20(17)35-24(21)28-23(30)16-12-10-15(11-13-16)14-29(36(2,32)33)19-8-5-7-18(26)22(19)27/h5,7-8,10-13H,3-4,6,9,14H2,1-2H3,(H,28,30). The number of nitrogens with zero attached hydrogens (tertiary/aromatic N) is 1. The van der Waals surface area contributed by atoms with Gasteiger partial charge >= 0.3 is 5.97 Å². The van der Waals surface area contributed by atoms with Crippen molar-refractivity contribution in [3.05, 3.63) is 79.6 Å². The molecule has 1 N–H and O–H groups in total. The van der Waals surface area contributed by atoms with Gasteiger partial charge in [0.25, 0.3) is 5.91 Å². The van der Waals surface area contributed by atoms with Crippen molar-refractivity contribution in [2.45, 2.75) is 32.2 Å². The van der Waals surface area contributed by atoms with E-state index in [1.165, 1.54) is 18.4 Å². The molecule has 4 rings (SSSR count). The van der Waals surface area contributed by atoms with Crippen molar-refractivity contribution in [2.75, 3.05) is 23.0 Å². The number of fused-ring (bicyclic) bond motifs is 1. The highest BCUT2D eigenvalue weighted by atomic mass is 35.5. The van der Waals surface area contributed by atoms with Gasteiger partial charge in [-0.1, -0.05) is 41.4 Å². The molecule has 1 amide bonds. The number of anilines is 2. The third kappa shape index (κ3) is 5.54. The molecule has 0 atom stereocenters. The van der Waals surface area contributed by atoms with Gasteiger partial charge in [-0.3, -0.25) is 9.10 Å². The molecule has 190 valence electrons. The lowest BCUT2D eigenvalue weighted by molar-refractivity contribution is 0.0601. The van der Waals surface area contributed by atoms with Crippen LogP contribution >= 0.6 is 34.5 Å². The predicted molar refractivity (Wildman–Crippen MR) is 144 cm³/mol. The minimum absolute atomic E-state index is 0.00489. The minimum atomic E-state index is -3.67. The number of hydrogen-bond acceptors (Lipinski definition) is 6. The first kappa shape index (κ1) is 26.5. The Morgan fingerprint density at radius 3 is 2.44 bits per heavy atom. The summed E-state index contributed by atoms with van der Waals surface area (Å²) in [6.07, 6.45) is 4.79. The number of amides is 1. The fourth-order valence-electron chi connectivity index (χ4n) is 4.14. The molecule has 0 radical (unpaired) electrons. The molecule has 2 aromatic carbocycles. The SMILES string of the molecule is COC(=O)c1c(NC(=O)c2ccc(CN(c3cccc(Cl)c3Cl)S(C)(=O)=O)cc2)sc2c1CCCC2. The number of methoxy groups -OCH3 is 1. The minimum Gasteiger partial charge on any atom is -0.465 e. The molecule has 0 saturated heterocycles. The summed E-state index contributed by atoms with van der Waals surface area (Å²) in [6, 6.07) is 11.3. The number of benzene rings is 2. The number of rotatable bonds is 7. The van der Waals surface area contributed by atoms with Crippen LogP contribution in [-0.4, -0.2) is 33.7 Å². The molecule has 1 aliphatic rings. The van der Waals surface area contributed by atoms with E-state index in [9.17, 15) is 18.0 Å². The van der Waals surface area contributed by atoms with Crippen molar-refractivity contribution < 1.29 is 22.7 Å². The molecular weight excluding hydrogens is 543 g/mol. The zero-order chi connectivity index (χ0) is 26.0. The summed E-state index contributed by atoms with van der Waals surface area (Å²) in [5.74, 6) is -0.830. The lowest BCUT2D eigenvalue weighted by atomic mass is 9.95. The maximum absolute atomic E-state index is 13.0. The first-order valence-electron chi connectivity index (χ1n) is 11.1. The van der Waals surface area contributed by atoms with Crippen LogP contribution in [0.3, 0.4) is 0 Å². The van der Waals surface area contributed by atoms with Crippen LogP contribution in [0.4, 0.5) is 10.7 Å². The molecule has 0 spiro atoms. The normalized spacial score (nSPS) is 13.1. The Hall–Kier alpha value is -2.59. The Morgan fingerprint density at radius 2 is 1.78 bits per heavy atom. The molecule has 0 aliphatic heterocycles. The third-order valence-corrected chi connectivity index (χ3v) is 9.07. The summed E-state index contributed by atoms with van der Waals surface area (Å²) in [4.78, 5) is 26.5. The van der Waals surface area contributed by atoms with Gasteiger partial charge in [0, 0.05) is 10.4 Å². The molecule has 36 heavy (non-hydrogen) atoms. The summed E-state index contributed by atoms with van der Waals surface area (Å²) in [7, 11) is -2.34. The summed E-state index contributed by atoms with van der Waals surface area (Å²) in [5.41, 5.74) is 2.68. The molecule has 11 heteroatoms. The average Bonchev–Trinajstić information content (AvgIpc) is 3.21. The van der Waals surface area contributed by atoms with Gasteiger partial charge in [0.2, 0.25) is 10.0 Å². The molecule has 0 bridgehead atoms. The number of thiophene rings is 1. The van der Waals surface area contributed by atoms with E-state index in [2.05, 4.69) is 5.32 Å². The van der Waals surface area contributed by atoms with E-state index in [0.717, 1.165) is 46.7 Å². The largest absolute Gasteiger partial charge is 0.465 e. The van der Waals surface area contributed by atoms with Gasteiger partial charge in [-0.25, -0.2) is 13.2 Å². The van der Waals surface area contributed by atoms with Crippen molar-refractivity contribution in [3.63, 3.8) is 0 Å². The lowest BCUT2D eigenvalue weighted by Crippen LogP contribution is -2.29. The van der Waals surface area contributed by atoms with Gasteiger partial charge in [0.15, 0.2) is 0 Å². The van der Waals surface area contributed by atoms with Crippen molar-refractivity contribution in [2.24, 2.45) is 0 Å². The van der Waals surface area contributed by atoms with E-state index in [1.54, 1.807) is 42.5 Å². The first-order chi connectivity index (χ1) is 17.1. The molecule has 3 aromatic rings. The third-order valence-electron chi connectivity index (χ3n) is 5.93. The number of esters is 1. The van der Waals surface area contributed by atoms with Crippen LogP contribution in [0.25, 0.3) is 0 Å². The van der Waals surface area contributed by atoms with E-state index in [0.29, 0.717) is 21.7 Å². The Balaban J connectivity index is 1.56. The summed E-state index contributed by atoms with van der Waals surface area (Å²) >= 11 is 13.8. The summed E-state index contributed by atoms with van der Waals surface area (Å²) in [6.45, 7) is 0.00489. The topological polar surface area (TPSA) is 92.8 Å². The molecule has 0 fully saturated rings. The molecule has 1 aliphatic carbocycles. The van der Waals surface area contributed by atoms with E-state index in [4.69, 9.17) is 27.9 Å². The number of ether oxygens (including phenoxy) is 1. The molecule has 1 heterocycles. The van der Waals surface area contributed by atoms with Gasteiger partial charge in [-0.2, -0.15) is 0 Å². The van der Waals surface area contributed by atoms with Gasteiger partial charge in [-0.05, 0) is 61.1 Å². The Morgan fingerprint density at radius 1 is 1.08 bits per heavy atom. The van der Waals surface area contributed by atoms with Crippen LogP contribution in [0.2, 0.25) is 10.0 Å². The van der Waals surface area contributed by atoms with E-state index in [-0.39, 0.29) is 28.2 Å². The molecule has 0 unspecified atom stereocenters. The van der Waals surface area contributed by atoms with Crippen LogP contribution in [0.1, 0.15) is 49.6 Å². The maximum Gasteiger partial charge on any atom is 0.341 e. The quantitative estimate of drug-likeness (QED) is 0.357. The highest BCUT2D eigenvalue weighted by Gasteiger charge is 2.27. The Labute approximate surface area is 224 Å². The Bertz CT molecular complexity index is 1420. The smallest absolute Gasteiger partial charge is 0.341 e. The van der Waals surface area contributed by atoms with E-state index in [1.807, 2.05) is 0 Å². The monoisotopic (exact) mass is 566 g/mol. The van der Waals surface area contributed by atoms with Crippen molar-refractivity contribution in [1.82, 2.24) is 0 Å². The van der Waals surface area contributed by atoms with E-state index < -0.39 is 16.0 Å². The van der Waals surface area contributed by atoms with Crippen molar-refractivity contribution >= 4 is 67.1 Å². The maximum atomic E-state index is 13.0. The van der Waals surface area contributed by atoms with Crippen LogP contribution in [-0.2, 0) is 34.1 Å². The number of carbonyl (C=O) groups excluding carboxylic acids is 2. The van der Waals surface area contributed by atoms with Gasteiger partial charge in [0.1, 0.15) is 5.00 Å². The second kappa shape index (κ2) is 10.8. The second-order valence-corrected chi connectivity index (χ2v) is 12.2. The summed E-state index contributed by atoms with van der Waals surface area (Å²) < 4.78 is 31.1. The highest BCUT2D eigenvalue weighted by molar-refractivity contribution is 7.92. The summed E-state index contributed by atoms with van der Waals surface area (Å²) in [5, 5.41) is 3.74. The van der Waals surface area contributed by atoms with Crippen LogP contribution in [0, 0.1) is 0 Å². The Kier molecular flexibility index (Phi) is 7.94. The zero-order valence-corrected chi connectivity index (χ0v) is 22.8. The van der Waals surface area contributed by atoms with Gasteiger partial charge in [0.05, 0.1) is 41.2 Å². The molecule has 1 aromatic heterocycles. The number of carbonyl (C=O) groups is 2. The fraction of sp³-hybridized carbons (Fsp3) is 0.280. The van der Waals surface area contributed by atoms with Crippen LogP contribution < -0.4 is 9.62 Å². The number of nitrogens with one attached hydrogen (secondary N) is 1. The van der Waals surface area contributed by atoms with Crippen molar-refractivity contribution in [3.8, 4) is 0 Å². The second-order valence-electron chi connectivity index (χ2n) is 8.40. The zero-order valence-electron chi connectivity index (χ0n) is 19.6. The fourth-order valence-corrected chi connectivity index (χ4v) is 6.75. The number of aryl methyl sites for hydroxylation is 1. The molecule has 0 saturated carbocycles. The van der Waals surface area contributed by atoms with Crippen LogP contribution in [0.5, 0.6) is 0 Å². The van der Waals surface area contributed by atoms with Gasteiger partial charge in [-0.15, -0.1) is 11.3 Å². The van der Waals surface area contributed by atoms with Crippen molar-refractivity contribution in [1.29, 1.82) is 0 Å². The van der Waals surface area contributed by atoms with Gasteiger partial charge < -0.3 is 10.1 Å². The number of sulfonamides is 1. The molecule has 7 nitrogen and oxygen atoms in total. The number of halogens is 2. The average molecular weight is 568 g/mol. The lowest BCUT2D eigenvalue weighted by Gasteiger charge is -2.24. The van der Waals surface area contributed by atoms with E-state index >= 15 is 0 Å². The predicted octanol–water partition coefficient (Wildman–Crippen LogP) is 5.94. The highest BCUT2D eigenvalue weighted by Crippen LogP contribution is 2.39. The first-order valence-corrected chi connectivity index (χ1v) is 14.6. The van der Waals surface area contributed by atoms with Crippen LogP contribution in [0.15, 0.2) is 42.5 Å². The molecular formula is C25H24Cl2N2O5S2.